The fraction of sp³-hybridized carbons (Fsp3) is 0.614. The number of unbranched alkanes of at least 4 members (excludes halogenated alkanes) is 16. The van der Waals surface area contributed by atoms with Gasteiger partial charge in [-0.05, 0) is 76.7 Å². The minimum Gasteiger partial charge on any atom is -0.458 e. The quantitative estimate of drug-likeness (QED) is 0.0245. The standard InChI is InChI=1S/C57H93NO5/c1-4-7-10-13-16-19-22-25-27-28-30-31-33-36-39-42-45-48-53(63-57(62)50-47-44-41-38-35-32-29-26-23-20-17-14-11-8-5-2)51-56(61)58-54(52-59)55(60)49-46-43-40-37-34-24-21-18-15-12-9-6-3/h7-8,10-11,14,16-17,19-20,23,25-27,29-31,36,39,45,48,53-55,59-60H,4-6,9,12-13,15,18,21-22,24,28,32-35,37-38,40-44,46-47,49-52H2,1-3H3,(H,58,61)/b10-7-,11-8+,17-14+,19-16-,23-20+,27-25-,29-26-,31-30-,39-36-,48-45-. The van der Waals surface area contributed by atoms with Gasteiger partial charge in [0.15, 0.2) is 0 Å². The first-order chi connectivity index (χ1) is 31.0. The Kier molecular flexibility index (Phi) is 46.4. The topological polar surface area (TPSA) is 95.9 Å². The van der Waals surface area contributed by atoms with E-state index in [0.717, 1.165) is 96.3 Å². The van der Waals surface area contributed by atoms with Crippen molar-refractivity contribution < 1.29 is 24.5 Å². The number of nitrogens with one attached hydrogen (secondary N) is 1. The zero-order valence-corrected chi connectivity index (χ0v) is 40.4. The number of aliphatic hydroxyl groups is 2. The van der Waals surface area contributed by atoms with Gasteiger partial charge < -0.3 is 20.3 Å². The van der Waals surface area contributed by atoms with Crippen LogP contribution in [0.3, 0.4) is 0 Å². The van der Waals surface area contributed by atoms with E-state index in [1.807, 2.05) is 30.4 Å². The molecule has 1 amide bonds. The summed E-state index contributed by atoms with van der Waals surface area (Å²) in [6.45, 7) is 6.17. The van der Waals surface area contributed by atoms with Gasteiger partial charge in [0.1, 0.15) is 6.10 Å². The van der Waals surface area contributed by atoms with Gasteiger partial charge >= 0.3 is 5.97 Å². The summed E-state index contributed by atoms with van der Waals surface area (Å²) < 4.78 is 5.81. The molecule has 6 nitrogen and oxygen atoms in total. The molecule has 356 valence electrons. The summed E-state index contributed by atoms with van der Waals surface area (Å²) in [5.74, 6) is -0.669. The van der Waals surface area contributed by atoms with Crippen molar-refractivity contribution >= 4 is 11.9 Å². The molecule has 0 saturated heterocycles. The Morgan fingerprint density at radius 3 is 1.48 bits per heavy atom. The normalized spacial score (nSPS) is 14.3. The third-order valence-corrected chi connectivity index (χ3v) is 10.6. The smallest absolute Gasteiger partial charge is 0.306 e. The summed E-state index contributed by atoms with van der Waals surface area (Å²) in [6.07, 6.45) is 68.5. The summed E-state index contributed by atoms with van der Waals surface area (Å²) in [4.78, 5) is 26.1. The number of esters is 1. The van der Waals surface area contributed by atoms with Gasteiger partial charge in [-0.25, -0.2) is 0 Å². The molecule has 0 radical (unpaired) electrons. The Hall–Kier alpha value is -3.74. The molecule has 0 aromatic rings. The molecular weight excluding hydrogens is 779 g/mol. The third kappa shape index (κ3) is 44.7. The molecule has 0 aromatic heterocycles. The van der Waals surface area contributed by atoms with E-state index in [1.165, 1.54) is 57.8 Å². The highest BCUT2D eigenvalue weighted by molar-refractivity contribution is 5.78. The second-order valence-electron chi connectivity index (χ2n) is 16.5. The summed E-state index contributed by atoms with van der Waals surface area (Å²) in [7, 11) is 0. The molecule has 0 aromatic carbocycles. The second-order valence-corrected chi connectivity index (χ2v) is 16.5. The molecule has 0 aliphatic rings. The van der Waals surface area contributed by atoms with Crippen molar-refractivity contribution in [3.8, 4) is 0 Å². The van der Waals surface area contributed by atoms with Crippen LogP contribution in [0.5, 0.6) is 0 Å². The highest BCUT2D eigenvalue weighted by Crippen LogP contribution is 2.15. The largest absolute Gasteiger partial charge is 0.458 e. The number of carbonyl (C=O) groups is 2. The van der Waals surface area contributed by atoms with E-state index in [-0.39, 0.29) is 24.9 Å². The fourth-order valence-corrected chi connectivity index (χ4v) is 6.85. The molecule has 0 aliphatic heterocycles. The number of rotatable bonds is 43. The fourth-order valence-electron chi connectivity index (χ4n) is 6.85. The van der Waals surface area contributed by atoms with Crippen LogP contribution in [0.15, 0.2) is 122 Å². The SMILES string of the molecule is CC/C=C\C/C=C\C/C=C\C/C=C\C/C=C\C/C=C\C(CC(=O)NC(CO)C(O)CCCCCCCCCCCCCC)OC(=O)CCCCCCC\C=C/C=C/C=C/C=C/CC. The maximum atomic E-state index is 13.2. The molecule has 0 rings (SSSR count). The van der Waals surface area contributed by atoms with Crippen molar-refractivity contribution in [2.45, 2.75) is 219 Å². The number of aliphatic hydroxyl groups excluding tert-OH is 2. The molecule has 0 spiro atoms. The lowest BCUT2D eigenvalue weighted by Crippen LogP contribution is -2.46. The first-order valence-corrected chi connectivity index (χ1v) is 25.3. The Morgan fingerprint density at radius 1 is 0.508 bits per heavy atom. The Balaban J connectivity index is 4.86. The van der Waals surface area contributed by atoms with E-state index in [0.29, 0.717) is 19.3 Å². The number of hydrogen-bond donors (Lipinski definition) is 3. The van der Waals surface area contributed by atoms with Crippen LogP contribution in [0.25, 0.3) is 0 Å². The number of ether oxygens (including phenoxy) is 1. The molecule has 3 unspecified atom stereocenters. The Morgan fingerprint density at radius 2 is 0.952 bits per heavy atom. The van der Waals surface area contributed by atoms with Crippen LogP contribution < -0.4 is 5.32 Å². The van der Waals surface area contributed by atoms with Gasteiger partial charge in [-0.15, -0.1) is 0 Å². The van der Waals surface area contributed by atoms with Crippen LogP contribution in [-0.4, -0.2) is 46.9 Å². The summed E-state index contributed by atoms with van der Waals surface area (Å²) in [5.41, 5.74) is 0. The lowest BCUT2D eigenvalue weighted by atomic mass is 10.0. The van der Waals surface area contributed by atoms with Crippen LogP contribution in [-0.2, 0) is 14.3 Å². The van der Waals surface area contributed by atoms with Crippen molar-refractivity contribution in [3.63, 3.8) is 0 Å². The lowest BCUT2D eigenvalue weighted by Gasteiger charge is -2.23. The van der Waals surface area contributed by atoms with Crippen LogP contribution in [0.1, 0.15) is 201 Å². The van der Waals surface area contributed by atoms with E-state index in [4.69, 9.17) is 4.74 Å². The van der Waals surface area contributed by atoms with Crippen molar-refractivity contribution in [3.05, 3.63) is 122 Å². The highest BCUT2D eigenvalue weighted by atomic mass is 16.5. The van der Waals surface area contributed by atoms with Crippen molar-refractivity contribution in [1.82, 2.24) is 5.32 Å². The van der Waals surface area contributed by atoms with Gasteiger partial charge in [0, 0.05) is 6.42 Å². The van der Waals surface area contributed by atoms with E-state index >= 15 is 0 Å². The van der Waals surface area contributed by atoms with Gasteiger partial charge in [0.25, 0.3) is 0 Å². The van der Waals surface area contributed by atoms with E-state index < -0.39 is 18.2 Å². The Bertz CT molecular complexity index is 1350. The average Bonchev–Trinajstić information content (AvgIpc) is 3.28. The first-order valence-electron chi connectivity index (χ1n) is 25.3. The number of allylic oxidation sites excluding steroid dienone is 19. The molecule has 6 heteroatoms. The summed E-state index contributed by atoms with van der Waals surface area (Å²) in [5, 5.41) is 23.7. The molecule has 0 aliphatic carbocycles. The van der Waals surface area contributed by atoms with Gasteiger partial charge in [-0.1, -0.05) is 233 Å². The molecule has 0 fully saturated rings. The highest BCUT2D eigenvalue weighted by Gasteiger charge is 2.23. The van der Waals surface area contributed by atoms with Crippen LogP contribution >= 0.6 is 0 Å². The molecule has 3 atom stereocenters. The zero-order chi connectivity index (χ0) is 45.9. The second kappa shape index (κ2) is 49.3. The van der Waals surface area contributed by atoms with Gasteiger partial charge in [0.2, 0.25) is 5.91 Å². The minimum absolute atomic E-state index is 0.0649. The Labute approximate surface area is 387 Å². The molecule has 0 bridgehead atoms. The van der Waals surface area contributed by atoms with E-state index in [9.17, 15) is 19.8 Å². The van der Waals surface area contributed by atoms with Crippen molar-refractivity contribution in [2.24, 2.45) is 0 Å². The summed E-state index contributed by atoms with van der Waals surface area (Å²) >= 11 is 0. The van der Waals surface area contributed by atoms with Gasteiger partial charge in [-0.3, -0.25) is 9.59 Å². The van der Waals surface area contributed by atoms with Crippen LogP contribution in [0.4, 0.5) is 0 Å². The molecule has 3 N–H and O–H groups in total. The van der Waals surface area contributed by atoms with E-state index in [1.54, 1.807) is 6.08 Å². The van der Waals surface area contributed by atoms with Crippen LogP contribution in [0, 0.1) is 0 Å². The molecule has 0 heterocycles. The lowest BCUT2D eigenvalue weighted by molar-refractivity contribution is -0.148. The number of hydrogen-bond acceptors (Lipinski definition) is 5. The van der Waals surface area contributed by atoms with Crippen molar-refractivity contribution in [2.75, 3.05) is 6.61 Å². The monoisotopic (exact) mass is 872 g/mol. The number of carbonyl (C=O) groups excluding carboxylic acids is 2. The van der Waals surface area contributed by atoms with Crippen molar-refractivity contribution in [1.29, 1.82) is 0 Å². The first kappa shape index (κ1) is 59.3. The third-order valence-electron chi connectivity index (χ3n) is 10.6. The minimum atomic E-state index is -0.831. The maximum absolute atomic E-state index is 13.2. The maximum Gasteiger partial charge on any atom is 0.306 e. The summed E-state index contributed by atoms with van der Waals surface area (Å²) in [6, 6.07) is -0.756. The van der Waals surface area contributed by atoms with Gasteiger partial charge in [-0.2, -0.15) is 0 Å². The predicted molar refractivity (Wildman–Crippen MR) is 273 cm³/mol. The predicted octanol–water partition coefficient (Wildman–Crippen LogP) is 15.3. The van der Waals surface area contributed by atoms with Gasteiger partial charge in [0.05, 0.1) is 25.2 Å². The average molecular weight is 872 g/mol. The van der Waals surface area contributed by atoms with Crippen LogP contribution in [0.2, 0.25) is 0 Å². The van der Waals surface area contributed by atoms with E-state index in [2.05, 4.69) is 111 Å². The zero-order valence-electron chi connectivity index (χ0n) is 40.4. The molecule has 63 heavy (non-hydrogen) atoms. The molecular formula is C57H93NO5. The molecule has 0 saturated carbocycles. The number of amides is 1.